The second-order valence-electron chi connectivity index (χ2n) is 13.2. The van der Waals surface area contributed by atoms with Crippen molar-refractivity contribution in [2.75, 3.05) is 81.7 Å². The number of aromatic nitrogens is 1. The number of nitrogens with two attached hydrogens (primary N) is 2. The molecule has 1 atom stereocenters. The van der Waals surface area contributed by atoms with Crippen molar-refractivity contribution in [1.82, 2.24) is 14.8 Å². The number of benzene rings is 4. The fourth-order valence-electron chi connectivity index (χ4n) is 4.70. The number of nitrogens with zero attached hydrogens (tertiary/aromatic N) is 6. The Bertz CT molecular complexity index is 2350. The Labute approximate surface area is 387 Å². The molecule has 0 aliphatic heterocycles. The Morgan fingerprint density at radius 3 is 1.89 bits per heavy atom. The second kappa shape index (κ2) is 27.5. The largest absolute Gasteiger partial charge is 0.492 e. The van der Waals surface area contributed by atoms with Crippen LogP contribution in [-0.2, 0) is 0 Å². The predicted molar refractivity (Wildman–Crippen MR) is 265 cm³/mol. The Morgan fingerprint density at radius 2 is 1.39 bits per heavy atom. The van der Waals surface area contributed by atoms with Crippen LogP contribution in [0.2, 0.25) is 0 Å². The van der Waals surface area contributed by atoms with Crippen molar-refractivity contribution in [2.24, 2.45) is 10.7 Å². The quantitative estimate of drug-likeness (QED) is 0.0185. The molecule has 6 N–H and O–H groups in total. The van der Waals surface area contributed by atoms with Crippen LogP contribution in [0.5, 0.6) is 11.5 Å². The second-order valence-corrected chi connectivity index (χ2v) is 17.2. The van der Waals surface area contributed by atoms with Gasteiger partial charge in [-0.2, -0.15) is 15.5 Å². The first kappa shape index (κ1) is 50.9. The van der Waals surface area contributed by atoms with Crippen molar-refractivity contribution in [3.05, 3.63) is 124 Å². The van der Waals surface area contributed by atoms with E-state index in [0.29, 0.717) is 61.1 Å². The highest BCUT2D eigenvalue weighted by atomic mass is 79.9. The first-order chi connectivity index (χ1) is 29.7. The van der Waals surface area contributed by atoms with Crippen LogP contribution in [0, 0.1) is 22.7 Å². The number of rotatable bonds is 16. The summed E-state index contributed by atoms with van der Waals surface area (Å²) in [6.07, 6.45) is 0. The standard InChI is InChI=1S/C21H21N5O2S.C13H21N4OPS2.C9H6BrNO/c1-26(2)10-11-28-17-8-6-16(7-9-17)24-21-25-20(23)19(29-21)18(27)15-5-3-4-14(12-15)13-22;1-17(2)7-8-18-11-5-3-10(4-6-11)15-13(20)16-12(14)21-9-19;10-5-9(12)8-3-1-2-7(4-8)6-11/h3-9,12H,10-11,23H2,1-2H3,(H,24,25);3-6H,7-9,19H2,1-2H3,(H3,14,15,16,20);1-4H,5H2. The SMILES string of the molecule is CN(C)CCOc1ccc(NC(=S)N=C(N)SCP)cc1.CN(C)CCOc1ccc(Nc2nc(N)c(C(=O)c3cccc(C#N)c3)s2)cc1.N#Cc1cccc(C(=O)CBr)c1. The molecule has 14 nitrogen and oxygen atoms in total. The maximum atomic E-state index is 12.7. The maximum Gasteiger partial charge on any atom is 0.206 e. The van der Waals surface area contributed by atoms with E-state index in [1.807, 2.05) is 88.9 Å². The summed E-state index contributed by atoms with van der Waals surface area (Å²) >= 11 is 10.8. The molecule has 0 saturated heterocycles. The van der Waals surface area contributed by atoms with Crippen molar-refractivity contribution in [1.29, 1.82) is 10.5 Å². The van der Waals surface area contributed by atoms with Crippen LogP contribution in [0.1, 0.15) is 36.7 Å². The maximum absolute atomic E-state index is 12.7. The van der Waals surface area contributed by atoms with Crippen molar-refractivity contribution < 1.29 is 19.1 Å². The predicted octanol–water partition coefficient (Wildman–Crippen LogP) is 7.85. The number of ketones is 2. The molecule has 19 heteroatoms. The number of hydrogen-bond donors (Lipinski definition) is 4. The molecule has 0 saturated carbocycles. The Hall–Kier alpha value is -5.43. The number of nitrogens with one attached hydrogen (secondary N) is 2. The number of halogens is 1. The number of anilines is 4. The highest BCUT2D eigenvalue weighted by Gasteiger charge is 2.18. The lowest BCUT2D eigenvalue weighted by molar-refractivity contribution is 0.102. The number of nitrogen functional groups attached to an aromatic ring is 1. The highest BCUT2D eigenvalue weighted by Crippen LogP contribution is 2.30. The molecule has 4 aromatic carbocycles. The zero-order chi connectivity index (χ0) is 45.4. The third-order valence-corrected chi connectivity index (χ3v) is 10.6. The molecule has 1 heterocycles. The van der Waals surface area contributed by atoms with Gasteiger partial charge in [0.05, 0.1) is 28.6 Å². The minimum Gasteiger partial charge on any atom is -0.492 e. The van der Waals surface area contributed by atoms with Crippen LogP contribution >= 0.6 is 60.5 Å². The summed E-state index contributed by atoms with van der Waals surface area (Å²) in [5, 5.41) is 25.3. The van der Waals surface area contributed by atoms with Gasteiger partial charge in [0.25, 0.3) is 0 Å². The van der Waals surface area contributed by atoms with Gasteiger partial charge in [0.15, 0.2) is 21.2 Å². The van der Waals surface area contributed by atoms with Gasteiger partial charge in [0, 0.05) is 41.1 Å². The summed E-state index contributed by atoms with van der Waals surface area (Å²) in [7, 11) is 10.6. The number of Topliss-reactive ketones (excluding diaryl/α,β-unsaturated/α-hetero) is 1. The van der Waals surface area contributed by atoms with Gasteiger partial charge in [0.2, 0.25) is 5.78 Å². The molecule has 0 aliphatic carbocycles. The molecule has 1 aromatic heterocycles. The van der Waals surface area contributed by atoms with E-state index in [0.717, 1.165) is 41.5 Å². The van der Waals surface area contributed by atoms with Crippen LogP contribution in [0.3, 0.4) is 0 Å². The van der Waals surface area contributed by atoms with Gasteiger partial charge in [-0.3, -0.25) is 9.59 Å². The Kier molecular flexibility index (Phi) is 22.6. The summed E-state index contributed by atoms with van der Waals surface area (Å²) in [6.45, 7) is 2.99. The molecule has 0 aliphatic rings. The van der Waals surface area contributed by atoms with Crippen LogP contribution < -0.4 is 31.6 Å². The normalized spacial score (nSPS) is 10.6. The van der Waals surface area contributed by atoms with E-state index in [2.05, 4.69) is 55.6 Å². The number of amidine groups is 1. The molecule has 324 valence electrons. The van der Waals surface area contributed by atoms with Gasteiger partial charge in [-0.05, 0) is 113 Å². The topological polar surface area (TPSA) is 208 Å². The van der Waals surface area contributed by atoms with E-state index in [9.17, 15) is 9.59 Å². The van der Waals surface area contributed by atoms with Crippen LogP contribution in [0.25, 0.3) is 0 Å². The summed E-state index contributed by atoms with van der Waals surface area (Å²) in [4.78, 5) is 36.6. The number of alkyl halides is 1. The lowest BCUT2D eigenvalue weighted by atomic mass is 10.1. The van der Waals surface area contributed by atoms with Gasteiger partial charge in [-0.15, -0.1) is 9.24 Å². The fraction of sp³-hybridized carbons (Fsp3) is 0.233. The zero-order valence-corrected chi connectivity index (χ0v) is 39.8. The monoisotopic (exact) mass is 974 g/mol. The first-order valence-corrected chi connectivity index (χ1v) is 22.8. The Balaban J connectivity index is 0.000000271. The first-order valence-electron chi connectivity index (χ1n) is 18.7. The zero-order valence-electron chi connectivity index (χ0n) is 34.6. The lowest BCUT2D eigenvalue weighted by Crippen LogP contribution is -2.19. The average molecular weight is 976 g/mol. The van der Waals surface area contributed by atoms with Gasteiger partial charge in [-0.1, -0.05) is 63.3 Å². The molecule has 1 unspecified atom stereocenters. The highest BCUT2D eigenvalue weighted by molar-refractivity contribution is 9.09. The van der Waals surface area contributed by atoms with Gasteiger partial charge >= 0.3 is 0 Å². The molecule has 5 rings (SSSR count). The van der Waals surface area contributed by atoms with Crippen LogP contribution in [-0.4, -0.2) is 102 Å². The number of thiazole rings is 1. The molecule has 0 spiro atoms. The smallest absolute Gasteiger partial charge is 0.206 e. The van der Waals surface area contributed by atoms with E-state index in [1.165, 1.54) is 23.1 Å². The Morgan fingerprint density at radius 1 is 0.871 bits per heavy atom. The van der Waals surface area contributed by atoms with Crippen molar-refractivity contribution >= 4 is 105 Å². The minimum absolute atomic E-state index is 0.00731. The number of carbonyl (C=O) groups is 2. The molecule has 0 bridgehead atoms. The number of nitriles is 2. The molecule has 0 fully saturated rings. The number of carbonyl (C=O) groups excluding carboxylic acids is 2. The minimum atomic E-state index is -0.255. The number of hydrogen-bond acceptors (Lipinski definition) is 14. The lowest BCUT2D eigenvalue weighted by Gasteiger charge is -2.11. The van der Waals surface area contributed by atoms with Crippen LogP contribution in [0.4, 0.5) is 22.3 Å². The van der Waals surface area contributed by atoms with E-state index < -0.39 is 0 Å². The van der Waals surface area contributed by atoms with Crippen molar-refractivity contribution in [3.63, 3.8) is 0 Å². The summed E-state index contributed by atoms with van der Waals surface area (Å²) in [5.41, 5.74) is 16.0. The van der Waals surface area contributed by atoms with E-state index in [4.69, 9.17) is 43.7 Å². The summed E-state index contributed by atoms with van der Waals surface area (Å²) in [6, 6.07) is 32.3. The molecular formula is C43H48BrN10O4PS3. The number of aliphatic imine (C=N–C) groups is 1. The van der Waals surface area contributed by atoms with E-state index in [-0.39, 0.29) is 17.4 Å². The van der Waals surface area contributed by atoms with E-state index >= 15 is 0 Å². The van der Waals surface area contributed by atoms with Crippen molar-refractivity contribution in [2.45, 2.75) is 0 Å². The number of thiocarbonyl (C=S) groups is 1. The third kappa shape index (κ3) is 18.7. The third-order valence-electron chi connectivity index (χ3n) is 7.82. The van der Waals surface area contributed by atoms with Gasteiger partial charge < -0.3 is 41.4 Å². The molecule has 0 amide bonds. The number of ether oxygens (including phenoxy) is 2. The van der Waals surface area contributed by atoms with Crippen LogP contribution in [0.15, 0.2) is 102 Å². The van der Waals surface area contributed by atoms with E-state index in [1.54, 1.807) is 48.5 Å². The number of thioether (sulfide) groups is 1. The molecule has 0 radical (unpaired) electrons. The fourth-order valence-corrected chi connectivity index (χ4v) is 7.01. The number of likely N-dealkylation sites (N-methyl/N-ethyl adjacent to an activating group) is 2. The summed E-state index contributed by atoms with van der Waals surface area (Å²) < 4.78 is 11.3. The van der Waals surface area contributed by atoms with Gasteiger partial charge in [0.1, 0.15) is 35.4 Å². The molecular weight excluding hydrogens is 928 g/mol. The molecule has 62 heavy (non-hydrogen) atoms. The molecule has 5 aromatic rings. The summed E-state index contributed by atoms with van der Waals surface area (Å²) in [5.74, 6) is 1.51. The van der Waals surface area contributed by atoms with Crippen molar-refractivity contribution in [3.8, 4) is 23.6 Å². The van der Waals surface area contributed by atoms with Gasteiger partial charge in [-0.25, -0.2) is 4.98 Å². The average Bonchev–Trinajstić information content (AvgIpc) is 3.63.